The third-order valence-electron chi connectivity index (χ3n) is 1.34. The molecule has 14 heavy (non-hydrogen) atoms. The van der Waals surface area contributed by atoms with Crippen LogP contribution in [0, 0.1) is 0 Å². The van der Waals surface area contributed by atoms with Gasteiger partial charge < -0.3 is 0 Å². The van der Waals surface area contributed by atoms with Gasteiger partial charge in [-0.25, -0.2) is 9.19 Å². The lowest BCUT2D eigenvalue weighted by atomic mass is 10.3. The summed E-state index contributed by atoms with van der Waals surface area (Å²) in [7, 11) is -1.22. The van der Waals surface area contributed by atoms with Crippen molar-refractivity contribution in [1.29, 1.82) is 0 Å². The summed E-state index contributed by atoms with van der Waals surface area (Å²) in [6.45, 7) is 5.66. The van der Waals surface area contributed by atoms with Crippen LogP contribution in [0.4, 0.5) is 0 Å². The molecule has 1 aromatic rings. The zero-order chi connectivity index (χ0) is 10.8. The Labute approximate surface area is 98.4 Å². The van der Waals surface area contributed by atoms with Crippen LogP contribution in [-0.2, 0) is 11.0 Å². The molecule has 0 N–H and O–H groups in total. The van der Waals surface area contributed by atoms with Crippen molar-refractivity contribution in [1.82, 2.24) is 4.98 Å². The second-order valence-corrected chi connectivity index (χ2v) is 7.71. The van der Waals surface area contributed by atoms with Gasteiger partial charge in [-0.15, -0.1) is 11.3 Å². The normalized spacial score (nSPS) is 14.9. The smallest absolute Gasteiger partial charge is 0.144 e. The minimum absolute atomic E-state index is 0.320. The van der Waals surface area contributed by atoms with E-state index in [-0.39, 0.29) is 4.75 Å². The summed E-state index contributed by atoms with van der Waals surface area (Å²) < 4.78 is 16.1. The molecule has 0 bridgehead atoms. The van der Waals surface area contributed by atoms with Gasteiger partial charge in [0, 0.05) is 0 Å². The van der Waals surface area contributed by atoms with Gasteiger partial charge >= 0.3 is 0 Å². The van der Waals surface area contributed by atoms with Gasteiger partial charge in [0.05, 0.1) is 20.3 Å². The first kappa shape index (κ1) is 12.0. The van der Waals surface area contributed by atoms with Gasteiger partial charge in [0.1, 0.15) is 16.7 Å². The Morgan fingerprint density at radius 3 is 2.71 bits per heavy atom. The molecule has 1 heterocycles. The topological polar surface area (TPSA) is 42.3 Å². The van der Waals surface area contributed by atoms with Gasteiger partial charge in [0.2, 0.25) is 0 Å². The van der Waals surface area contributed by atoms with Gasteiger partial charge in [0.25, 0.3) is 0 Å². The van der Waals surface area contributed by atoms with Crippen molar-refractivity contribution in [2.45, 2.75) is 25.5 Å². The molecule has 0 aliphatic carbocycles. The molecule has 3 nitrogen and oxygen atoms in total. The van der Waals surface area contributed by atoms with Gasteiger partial charge in [-0.05, 0) is 36.7 Å². The van der Waals surface area contributed by atoms with Crippen LogP contribution in [0.1, 0.15) is 26.5 Å². The molecular weight excluding hydrogens is 284 g/mol. The first-order valence-electron chi connectivity index (χ1n) is 3.96. The summed E-state index contributed by atoms with van der Waals surface area (Å²) >= 11 is 4.81. The monoisotopic (exact) mass is 294 g/mol. The van der Waals surface area contributed by atoms with Crippen LogP contribution >= 0.6 is 27.3 Å². The lowest BCUT2D eigenvalue weighted by Gasteiger charge is -2.12. The number of thiazole rings is 1. The van der Waals surface area contributed by atoms with Crippen molar-refractivity contribution in [3.63, 3.8) is 0 Å². The number of hydrogen-bond acceptors (Lipinski definition) is 3. The summed E-state index contributed by atoms with van der Waals surface area (Å²) in [4.78, 5) is 4.06. The minimum atomic E-state index is -1.22. The Bertz CT molecular complexity index is 368. The van der Waals surface area contributed by atoms with E-state index in [4.69, 9.17) is 0 Å². The quantitative estimate of drug-likeness (QED) is 0.787. The molecule has 1 unspecified atom stereocenters. The standard InChI is InChI=1S/C8H11BrN2OS2/c1-8(2,3)14(12)11-4-6-7(9)13-5-10-6/h4-5H,1-3H3. The number of hydrogen-bond donors (Lipinski definition) is 0. The highest BCUT2D eigenvalue weighted by Crippen LogP contribution is 2.19. The Hall–Kier alpha value is -0.0700. The molecule has 78 valence electrons. The molecule has 0 aromatic carbocycles. The van der Waals surface area contributed by atoms with Crippen LogP contribution in [0.5, 0.6) is 0 Å². The molecule has 1 atom stereocenters. The van der Waals surface area contributed by atoms with Crippen molar-refractivity contribution in [3.8, 4) is 0 Å². The Morgan fingerprint density at radius 1 is 1.64 bits per heavy atom. The fourth-order valence-electron chi connectivity index (χ4n) is 0.581. The minimum Gasteiger partial charge on any atom is -0.242 e. The van der Waals surface area contributed by atoms with E-state index in [0.717, 1.165) is 9.48 Å². The molecule has 6 heteroatoms. The van der Waals surface area contributed by atoms with E-state index in [1.165, 1.54) is 11.3 Å². The van der Waals surface area contributed by atoms with Crippen LogP contribution in [0.25, 0.3) is 0 Å². The highest BCUT2D eigenvalue weighted by Gasteiger charge is 2.18. The fraction of sp³-hybridized carbons (Fsp3) is 0.500. The van der Waals surface area contributed by atoms with Crippen LogP contribution in [-0.4, -0.2) is 20.2 Å². The summed E-state index contributed by atoms with van der Waals surface area (Å²) in [5.74, 6) is 0. The van der Waals surface area contributed by atoms with Crippen molar-refractivity contribution >= 4 is 44.5 Å². The van der Waals surface area contributed by atoms with Crippen molar-refractivity contribution in [2.24, 2.45) is 4.40 Å². The van der Waals surface area contributed by atoms with Gasteiger partial charge in [0.15, 0.2) is 0 Å². The van der Waals surface area contributed by atoms with E-state index in [1.807, 2.05) is 20.8 Å². The van der Waals surface area contributed by atoms with E-state index < -0.39 is 11.0 Å². The molecular formula is C8H11BrN2OS2. The SMILES string of the molecule is CC(C)(C)S(=O)N=Cc1ncsc1Br. The third kappa shape index (κ3) is 3.25. The second-order valence-electron chi connectivity index (χ2n) is 3.61. The van der Waals surface area contributed by atoms with Crippen molar-refractivity contribution < 1.29 is 4.21 Å². The number of rotatable bonds is 2. The highest BCUT2D eigenvalue weighted by molar-refractivity contribution is 9.11. The van der Waals surface area contributed by atoms with Crippen LogP contribution in [0.3, 0.4) is 0 Å². The number of aromatic nitrogens is 1. The molecule has 0 amide bonds. The Balaban J connectivity index is 2.75. The van der Waals surface area contributed by atoms with E-state index >= 15 is 0 Å². The molecule has 0 aliphatic heterocycles. The lowest BCUT2D eigenvalue weighted by Crippen LogP contribution is -2.19. The molecule has 0 saturated carbocycles. The zero-order valence-electron chi connectivity index (χ0n) is 8.15. The van der Waals surface area contributed by atoms with Crippen LogP contribution in [0.15, 0.2) is 13.7 Å². The predicted octanol–water partition coefficient (Wildman–Crippen LogP) is 2.79. The molecule has 0 aliphatic rings. The number of nitrogens with zero attached hydrogens (tertiary/aromatic N) is 2. The molecule has 0 spiro atoms. The van der Waals surface area contributed by atoms with E-state index in [2.05, 4.69) is 25.3 Å². The fourth-order valence-corrected chi connectivity index (χ4v) is 2.03. The molecule has 0 radical (unpaired) electrons. The zero-order valence-corrected chi connectivity index (χ0v) is 11.4. The van der Waals surface area contributed by atoms with Crippen molar-refractivity contribution in [2.75, 3.05) is 0 Å². The summed E-state index contributed by atoms with van der Waals surface area (Å²) in [6, 6.07) is 0. The number of halogens is 1. The van der Waals surface area contributed by atoms with E-state index in [9.17, 15) is 4.21 Å². The Morgan fingerprint density at radius 2 is 2.29 bits per heavy atom. The van der Waals surface area contributed by atoms with Gasteiger partial charge in [-0.1, -0.05) is 0 Å². The summed E-state index contributed by atoms with van der Waals surface area (Å²) in [6.07, 6.45) is 1.54. The summed E-state index contributed by atoms with van der Waals surface area (Å²) in [5, 5.41) is 0. The van der Waals surface area contributed by atoms with Crippen LogP contribution in [0.2, 0.25) is 0 Å². The molecule has 1 aromatic heterocycles. The predicted molar refractivity (Wildman–Crippen MR) is 65.3 cm³/mol. The maximum Gasteiger partial charge on any atom is 0.144 e. The maximum absolute atomic E-state index is 11.5. The average Bonchev–Trinajstić information content (AvgIpc) is 2.45. The van der Waals surface area contributed by atoms with E-state index in [1.54, 1.807) is 11.7 Å². The molecule has 0 saturated heterocycles. The first-order valence-corrected chi connectivity index (χ1v) is 6.74. The largest absolute Gasteiger partial charge is 0.242 e. The van der Waals surface area contributed by atoms with Crippen molar-refractivity contribution in [3.05, 3.63) is 15.0 Å². The third-order valence-corrected chi connectivity index (χ3v) is 4.28. The Kier molecular flexibility index (Phi) is 3.97. The van der Waals surface area contributed by atoms with Crippen LogP contribution < -0.4 is 0 Å². The maximum atomic E-state index is 11.5. The summed E-state index contributed by atoms with van der Waals surface area (Å²) in [5.41, 5.74) is 2.44. The van der Waals surface area contributed by atoms with Gasteiger partial charge in [-0.3, -0.25) is 0 Å². The molecule has 0 fully saturated rings. The lowest BCUT2D eigenvalue weighted by molar-refractivity contribution is 0.651. The van der Waals surface area contributed by atoms with Gasteiger partial charge in [-0.2, -0.15) is 4.40 Å². The second kappa shape index (κ2) is 4.63. The first-order chi connectivity index (χ1) is 6.41. The van der Waals surface area contributed by atoms with E-state index in [0.29, 0.717) is 0 Å². The molecule has 1 rings (SSSR count). The highest BCUT2D eigenvalue weighted by atomic mass is 79.9. The average molecular weight is 295 g/mol.